The van der Waals surface area contributed by atoms with Crippen molar-refractivity contribution >= 4 is 39.3 Å². The van der Waals surface area contributed by atoms with Crippen molar-refractivity contribution < 1.29 is 19.1 Å². The quantitative estimate of drug-likeness (QED) is 0.198. The molecule has 0 aromatic heterocycles. The highest BCUT2D eigenvalue weighted by Gasteiger charge is 2.34. The van der Waals surface area contributed by atoms with Crippen LogP contribution in [0.15, 0.2) is 0 Å². The fraction of sp³-hybridized carbons (Fsp3) is 0.857. The summed E-state index contributed by atoms with van der Waals surface area (Å²) in [6.07, 6.45) is 7.01. The van der Waals surface area contributed by atoms with E-state index in [1.807, 2.05) is 35.4 Å². The van der Waals surface area contributed by atoms with Crippen LogP contribution >= 0.6 is 21.6 Å². The van der Waals surface area contributed by atoms with Crippen LogP contribution in [-0.2, 0) is 19.1 Å². The van der Waals surface area contributed by atoms with Crippen LogP contribution in [0.4, 0.5) is 0 Å². The smallest absolute Gasteiger partial charge is 0.252 e. The first-order valence-electron chi connectivity index (χ1n) is 11.2. The maximum absolute atomic E-state index is 12.4. The van der Waals surface area contributed by atoms with Crippen LogP contribution in [0.25, 0.3) is 0 Å². The van der Waals surface area contributed by atoms with Crippen LogP contribution in [0.5, 0.6) is 0 Å². The van der Waals surface area contributed by atoms with Crippen molar-refractivity contribution in [2.24, 2.45) is 5.92 Å². The Hall–Kier alpha value is -0.930. The average Bonchev–Trinajstić information content (AvgIpc) is 3.43. The summed E-state index contributed by atoms with van der Waals surface area (Å²) in [5.41, 5.74) is 0. The summed E-state index contributed by atoms with van der Waals surface area (Å²) in [4.78, 5) is 36.2. The zero-order valence-electron chi connectivity index (χ0n) is 18.2. The molecule has 1 unspecified atom stereocenters. The van der Waals surface area contributed by atoms with Crippen LogP contribution in [0, 0.1) is 5.92 Å². The fourth-order valence-electron chi connectivity index (χ4n) is 3.29. The number of epoxide rings is 1. The van der Waals surface area contributed by atoms with Crippen LogP contribution in [0.3, 0.4) is 0 Å². The summed E-state index contributed by atoms with van der Waals surface area (Å²) in [7, 11) is 3.96. The van der Waals surface area contributed by atoms with E-state index in [9.17, 15) is 14.4 Å². The molecule has 2 fully saturated rings. The number of unbranched alkanes of at least 4 members (excludes halogenated alkanes) is 2. The van der Waals surface area contributed by atoms with Gasteiger partial charge in [0, 0.05) is 30.5 Å². The first-order chi connectivity index (χ1) is 14.5. The molecule has 2 heterocycles. The molecule has 0 saturated carbocycles. The minimum Gasteiger partial charge on any atom is -0.363 e. The van der Waals surface area contributed by atoms with Gasteiger partial charge in [0.15, 0.2) is 6.10 Å². The summed E-state index contributed by atoms with van der Waals surface area (Å²) in [6.45, 7) is 5.66. The van der Waals surface area contributed by atoms with Gasteiger partial charge in [-0.15, -0.1) is 0 Å². The Bertz CT molecular complexity index is 552. The van der Waals surface area contributed by atoms with E-state index in [0.717, 1.165) is 30.9 Å². The summed E-state index contributed by atoms with van der Waals surface area (Å²) < 4.78 is 4.97. The van der Waals surface area contributed by atoms with Crippen LogP contribution in [0.2, 0.25) is 0 Å². The van der Waals surface area contributed by atoms with E-state index in [0.29, 0.717) is 38.5 Å². The van der Waals surface area contributed by atoms with Crippen molar-refractivity contribution in [3.63, 3.8) is 0 Å². The maximum atomic E-state index is 12.4. The summed E-state index contributed by atoms with van der Waals surface area (Å²) in [5.74, 6) is 1.32. The van der Waals surface area contributed by atoms with E-state index >= 15 is 0 Å². The lowest BCUT2D eigenvalue weighted by Crippen LogP contribution is -2.48. The van der Waals surface area contributed by atoms with Crippen LogP contribution in [-0.4, -0.2) is 60.6 Å². The van der Waals surface area contributed by atoms with E-state index in [2.05, 4.69) is 16.0 Å². The van der Waals surface area contributed by atoms with Gasteiger partial charge in [-0.2, -0.15) is 0 Å². The standard InChI is InChI=1S/C21H37N3O4S2/c1-15(2)13-17(24-21(27)18-14-28-18)20(26)23-11-6-5-10-22-19(25)8-4-3-7-16-9-12-29-30-16/h15-18H,3-14H2,1-2H3,(H,22,25)(H,23,26)(H,24,27)/t16?,17-,18-/m0/s1. The molecule has 0 aromatic rings. The second-order valence-electron chi connectivity index (χ2n) is 8.44. The SMILES string of the molecule is CC(C)C[C@H](NC(=O)[C@@H]1CO1)C(=O)NCCCCNC(=O)CCCCC1CCSS1. The number of hydrogen-bond donors (Lipinski definition) is 3. The molecule has 2 saturated heterocycles. The molecular formula is C21H37N3O4S2. The van der Waals surface area contributed by atoms with Crippen molar-refractivity contribution in [3.8, 4) is 0 Å². The van der Waals surface area contributed by atoms with E-state index in [4.69, 9.17) is 4.74 Å². The number of carbonyl (C=O) groups excluding carboxylic acids is 3. The molecule has 3 atom stereocenters. The average molecular weight is 460 g/mol. The van der Waals surface area contributed by atoms with Crippen molar-refractivity contribution in [1.29, 1.82) is 0 Å². The summed E-state index contributed by atoms with van der Waals surface area (Å²) in [5, 5.41) is 9.43. The molecule has 0 radical (unpaired) electrons. The Kier molecular flexibility index (Phi) is 12.0. The van der Waals surface area contributed by atoms with Gasteiger partial charge in [0.1, 0.15) is 6.04 Å². The van der Waals surface area contributed by atoms with E-state index in [-0.39, 0.29) is 17.7 Å². The fourth-order valence-corrected chi connectivity index (χ4v) is 6.32. The van der Waals surface area contributed by atoms with Crippen LogP contribution < -0.4 is 16.0 Å². The molecule has 0 aliphatic carbocycles. The highest BCUT2D eigenvalue weighted by molar-refractivity contribution is 8.77. The number of ether oxygens (including phenoxy) is 1. The monoisotopic (exact) mass is 459 g/mol. The van der Waals surface area contributed by atoms with E-state index in [1.165, 1.54) is 18.6 Å². The van der Waals surface area contributed by atoms with E-state index in [1.54, 1.807) is 0 Å². The second-order valence-corrected chi connectivity index (χ2v) is 11.2. The number of carbonyl (C=O) groups is 3. The first-order valence-corrected chi connectivity index (χ1v) is 13.6. The Labute approximate surface area is 188 Å². The van der Waals surface area contributed by atoms with Gasteiger partial charge < -0.3 is 20.7 Å². The van der Waals surface area contributed by atoms with Crippen molar-refractivity contribution in [2.75, 3.05) is 25.4 Å². The van der Waals surface area contributed by atoms with Crippen molar-refractivity contribution in [3.05, 3.63) is 0 Å². The molecule has 2 aliphatic heterocycles. The zero-order valence-corrected chi connectivity index (χ0v) is 19.9. The van der Waals surface area contributed by atoms with Gasteiger partial charge >= 0.3 is 0 Å². The molecule has 0 spiro atoms. The van der Waals surface area contributed by atoms with Gasteiger partial charge in [-0.3, -0.25) is 14.4 Å². The first kappa shape index (κ1) is 25.3. The minimum absolute atomic E-state index is 0.120. The van der Waals surface area contributed by atoms with Gasteiger partial charge in [0.25, 0.3) is 5.91 Å². The molecule has 0 aromatic carbocycles. The largest absolute Gasteiger partial charge is 0.363 e. The molecular weight excluding hydrogens is 422 g/mol. The number of rotatable bonds is 15. The predicted octanol–water partition coefficient (Wildman–Crippen LogP) is 2.64. The Balaban J connectivity index is 1.48. The lowest BCUT2D eigenvalue weighted by molar-refractivity contribution is -0.129. The summed E-state index contributed by atoms with van der Waals surface area (Å²) in [6, 6.07) is -0.525. The third-order valence-corrected chi connectivity index (χ3v) is 8.10. The molecule has 0 bridgehead atoms. The maximum Gasteiger partial charge on any atom is 0.252 e. The number of amides is 3. The molecule has 2 aliphatic rings. The topological polar surface area (TPSA) is 99.8 Å². The minimum atomic E-state index is -0.525. The predicted molar refractivity (Wildman–Crippen MR) is 123 cm³/mol. The molecule has 9 heteroatoms. The van der Waals surface area contributed by atoms with Gasteiger partial charge in [0.2, 0.25) is 11.8 Å². The number of nitrogens with one attached hydrogen (secondary N) is 3. The third kappa shape index (κ3) is 10.9. The normalized spacial score (nSPS) is 21.3. The Morgan fingerprint density at radius 3 is 2.43 bits per heavy atom. The van der Waals surface area contributed by atoms with Gasteiger partial charge in [-0.25, -0.2) is 0 Å². The molecule has 172 valence electrons. The van der Waals surface area contributed by atoms with Gasteiger partial charge in [-0.05, 0) is 44.4 Å². The Morgan fingerprint density at radius 1 is 1.07 bits per heavy atom. The lowest BCUT2D eigenvalue weighted by Gasteiger charge is -2.19. The van der Waals surface area contributed by atoms with Gasteiger partial charge in [0.05, 0.1) is 6.61 Å². The second kappa shape index (κ2) is 14.2. The Morgan fingerprint density at radius 2 is 1.80 bits per heavy atom. The molecule has 2 rings (SSSR count). The van der Waals surface area contributed by atoms with Crippen LogP contribution in [0.1, 0.15) is 65.2 Å². The highest BCUT2D eigenvalue weighted by atomic mass is 33.1. The van der Waals surface area contributed by atoms with Gasteiger partial charge in [-0.1, -0.05) is 41.9 Å². The third-order valence-electron chi connectivity index (χ3n) is 5.10. The van der Waals surface area contributed by atoms with Crippen molar-refractivity contribution in [2.45, 2.75) is 82.6 Å². The number of hydrogen-bond acceptors (Lipinski definition) is 6. The lowest BCUT2D eigenvalue weighted by atomic mass is 10.0. The summed E-state index contributed by atoms with van der Waals surface area (Å²) >= 11 is 0. The molecule has 3 amide bonds. The van der Waals surface area contributed by atoms with Crippen molar-refractivity contribution in [1.82, 2.24) is 16.0 Å². The molecule has 7 nitrogen and oxygen atoms in total. The van der Waals surface area contributed by atoms with E-state index < -0.39 is 12.1 Å². The zero-order chi connectivity index (χ0) is 21.8. The molecule has 30 heavy (non-hydrogen) atoms. The molecule has 3 N–H and O–H groups in total. The highest BCUT2D eigenvalue weighted by Crippen LogP contribution is 2.39.